The summed E-state index contributed by atoms with van der Waals surface area (Å²) in [5.41, 5.74) is 0. The predicted octanol–water partition coefficient (Wildman–Crippen LogP) is -2.11. The molecule has 0 spiro atoms. The van der Waals surface area contributed by atoms with Crippen LogP contribution in [0.25, 0.3) is 0 Å². The molecule has 0 amide bonds. The SMILES string of the molecule is [AlH3].[CaH2].[Fe].[Re]. The Morgan fingerprint density at radius 2 is 1.00 bits per heavy atom. The van der Waals surface area contributed by atoms with Crippen molar-refractivity contribution in [3.05, 3.63) is 0 Å². The van der Waals surface area contributed by atoms with E-state index in [4.69, 9.17) is 0 Å². The van der Waals surface area contributed by atoms with Crippen LogP contribution < -0.4 is 0 Å². The Balaban J connectivity index is 0. The average molecular weight is 314 g/mol. The first-order valence-electron chi connectivity index (χ1n) is 0. The van der Waals surface area contributed by atoms with Crippen molar-refractivity contribution in [3.8, 4) is 0 Å². The first-order chi connectivity index (χ1) is 0. The van der Waals surface area contributed by atoms with Crippen molar-refractivity contribution in [2.75, 3.05) is 0 Å². The molecule has 0 saturated carbocycles. The standard InChI is InChI=1S/Al.Ca.Fe.Re.5H. The molecule has 0 heterocycles. The molecule has 0 bridgehead atoms. The molecule has 0 unspecified atom stereocenters. The van der Waals surface area contributed by atoms with E-state index in [-0.39, 0.29) is 92.6 Å². The molecule has 0 aliphatic carbocycles. The van der Waals surface area contributed by atoms with Gasteiger partial charge < -0.3 is 0 Å². The molecule has 1 radical (unpaired) electrons. The summed E-state index contributed by atoms with van der Waals surface area (Å²) in [5, 5.41) is 0. The minimum atomic E-state index is 0. The molecule has 0 rings (SSSR count). The zero-order valence-corrected chi connectivity index (χ0v) is 4.55. The third-order valence-electron chi connectivity index (χ3n) is 0. The van der Waals surface area contributed by atoms with Crippen LogP contribution in [0.3, 0.4) is 0 Å². The predicted molar refractivity (Wildman–Crippen MR) is 18.5 cm³/mol. The van der Waals surface area contributed by atoms with E-state index in [1.54, 1.807) is 0 Å². The fourth-order valence-corrected chi connectivity index (χ4v) is 0. The minimum absolute atomic E-state index is 0. The average Bonchev–Trinajstić information content (AvgIpc) is 0. The summed E-state index contributed by atoms with van der Waals surface area (Å²) in [7, 11) is 0. The minimum Gasteiger partial charge on any atom is 0 e. The van der Waals surface area contributed by atoms with Crippen LogP contribution in [0, 0.1) is 0 Å². The topological polar surface area (TPSA) is 0 Å². The molecule has 0 aliphatic heterocycles. The van der Waals surface area contributed by atoms with Gasteiger partial charge in [-0.3, -0.25) is 0 Å². The van der Waals surface area contributed by atoms with Crippen molar-refractivity contribution in [2.45, 2.75) is 0 Å². The van der Waals surface area contributed by atoms with Crippen LogP contribution in [0.1, 0.15) is 0 Å². The summed E-state index contributed by atoms with van der Waals surface area (Å²) in [6.07, 6.45) is 0. The van der Waals surface area contributed by atoms with Gasteiger partial charge in [-0.2, -0.15) is 0 Å². The molecule has 0 saturated heterocycles. The first kappa shape index (κ1) is 28.1. The Kier molecular flexibility index (Phi) is 118. The van der Waals surface area contributed by atoms with Gasteiger partial charge >= 0.3 is 37.7 Å². The summed E-state index contributed by atoms with van der Waals surface area (Å²) < 4.78 is 0. The molecular formula is H5AlCaFeRe. The quantitative estimate of drug-likeness (QED) is 0.449. The van der Waals surface area contributed by atoms with Crippen LogP contribution >= 0.6 is 0 Å². The Labute approximate surface area is 90.7 Å². The van der Waals surface area contributed by atoms with Gasteiger partial charge in [-0.05, 0) is 0 Å². The fourth-order valence-electron chi connectivity index (χ4n) is 0. The Morgan fingerprint density at radius 1 is 1.00 bits per heavy atom. The second kappa shape index (κ2) is 16.7. The number of hydrogen-bond acceptors (Lipinski definition) is 0. The van der Waals surface area contributed by atoms with Gasteiger partial charge in [0.2, 0.25) is 0 Å². The fraction of sp³-hybridized carbons (Fsp3) is 0. The van der Waals surface area contributed by atoms with E-state index in [9.17, 15) is 0 Å². The zero-order chi connectivity index (χ0) is 0. The smallest absolute Gasteiger partial charge is 0 e. The summed E-state index contributed by atoms with van der Waals surface area (Å²) in [6.45, 7) is 0. The monoisotopic (exact) mass is 315 g/mol. The van der Waals surface area contributed by atoms with Gasteiger partial charge in [0, 0.05) is 37.5 Å². The maximum absolute atomic E-state index is 0. The second-order valence-electron chi connectivity index (χ2n) is 0. The normalized spacial score (nSPS) is 0. The van der Waals surface area contributed by atoms with Gasteiger partial charge in [0.25, 0.3) is 0 Å². The summed E-state index contributed by atoms with van der Waals surface area (Å²) in [4.78, 5) is 0. The Hall–Kier alpha value is 2.97. The third-order valence-corrected chi connectivity index (χ3v) is 0. The van der Waals surface area contributed by atoms with E-state index in [2.05, 4.69) is 0 Å². The van der Waals surface area contributed by atoms with Gasteiger partial charge in [-0.15, -0.1) is 0 Å². The van der Waals surface area contributed by atoms with E-state index < -0.39 is 0 Å². The van der Waals surface area contributed by atoms with Crippen LogP contribution in [0.4, 0.5) is 0 Å². The van der Waals surface area contributed by atoms with Crippen molar-refractivity contribution in [3.63, 3.8) is 0 Å². The number of rotatable bonds is 0. The second-order valence-corrected chi connectivity index (χ2v) is 0. The van der Waals surface area contributed by atoms with Crippen LogP contribution in [0.15, 0.2) is 0 Å². The molecule has 0 aromatic carbocycles. The van der Waals surface area contributed by atoms with Gasteiger partial charge in [0.05, 0.1) is 0 Å². The molecule has 0 atom stereocenters. The number of hydrogen-bond donors (Lipinski definition) is 0. The van der Waals surface area contributed by atoms with Crippen molar-refractivity contribution >= 4 is 55.1 Å². The summed E-state index contributed by atoms with van der Waals surface area (Å²) in [6, 6.07) is 0. The van der Waals surface area contributed by atoms with E-state index in [0.29, 0.717) is 0 Å². The van der Waals surface area contributed by atoms with Crippen molar-refractivity contribution in [2.24, 2.45) is 0 Å². The van der Waals surface area contributed by atoms with Crippen LogP contribution in [-0.2, 0) is 37.5 Å². The third kappa shape index (κ3) is 8.88. The van der Waals surface area contributed by atoms with E-state index in [1.807, 2.05) is 0 Å². The molecule has 0 aromatic heterocycles. The summed E-state index contributed by atoms with van der Waals surface area (Å²) in [5.74, 6) is 0. The molecule has 25 valence electrons. The largest absolute Gasteiger partial charge is 0 e. The molecule has 0 aromatic rings. The maximum atomic E-state index is 0. The molecule has 0 nitrogen and oxygen atoms in total. The molecule has 4 heavy (non-hydrogen) atoms. The summed E-state index contributed by atoms with van der Waals surface area (Å²) >= 11 is 0. The molecule has 0 fully saturated rings. The maximum Gasteiger partial charge on any atom is 0 e. The molecule has 0 N–H and O–H groups in total. The molecular weight excluding hydrogens is 309 g/mol. The van der Waals surface area contributed by atoms with Gasteiger partial charge in [0.1, 0.15) is 0 Å². The first-order valence-corrected chi connectivity index (χ1v) is 0. The molecule has 0 aliphatic rings. The van der Waals surface area contributed by atoms with Gasteiger partial charge in [0.15, 0.2) is 17.4 Å². The van der Waals surface area contributed by atoms with Crippen LogP contribution in [0.5, 0.6) is 0 Å². The van der Waals surface area contributed by atoms with Crippen molar-refractivity contribution < 1.29 is 37.5 Å². The van der Waals surface area contributed by atoms with Crippen molar-refractivity contribution in [1.29, 1.82) is 0 Å². The van der Waals surface area contributed by atoms with Gasteiger partial charge in [-0.25, -0.2) is 0 Å². The van der Waals surface area contributed by atoms with Crippen LogP contribution in [-0.4, -0.2) is 55.1 Å². The molecule has 4 heteroatoms. The zero-order valence-electron chi connectivity index (χ0n) is 0.732. The van der Waals surface area contributed by atoms with Crippen molar-refractivity contribution in [1.82, 2.24) is 0 Å². The van der Waals surface area contributed by atoms with E-state index >= 15 is 0 Å². The van der Waals surface area contributed by atoms with Crippen LogP contribution in [0.2, 0.25) is 0 Å². The Morgan fingerprint density at radius 3 is 1.00 bits per heavy atom. The van der Waals surface area contributed by atoms with E-state index in [1.165, 1.54) is 0 Å². The Bertz CT molecular complexity index is 8.00. The van der Waals surface area contributed by atoms with E-state index in [0.717, 1.165) is 0 Å². The van der Waals surface area contributed by atoms with Gasteiger partial charge in [-0.1, -0.05) is 0 Å².